The van der Waals surface area contributed by atoms with E-state index in [0.717, 1.165) is 16.1 Å². The number of hydrogen-bond acceptors (Lipinski definition) is 4. The lowest BCUT2D eigenvalue weighted by atomic mass is 10.1. The van der Waals surface area contributed by atoms with Crippen LogP contribution in [0.2, 0.25) is 0 Å². The molecule has 0 radical (unpaired) electrons. The molecular formula is C16H14BrFN2O3. The van der Waals surface area contributed by atoms with Crippen molar-refractivity contribution in [1.29, 1.82) is 0 Å². The Morgan fingerprint density at radius 3 is 2.83 bits per heavy atom. The lowest BCUT2D eigenvalue weighted by molar-refractivity contribution is -0.384. The molecule has 1 fully saturated rings. The Hall–Kier alpha value is -1.99. The molecule has 2 aromatic rings. The van der Waals surface area contributed by atoms with Gasteiger partial charge in [0.1, 0.15) is 17.6 Å². The molecule has 1 aliphatic rings. The lowest BCUT2D eigenvalue weighted by Gasteiger charge is -2.34. The molecule has 1 aliphatic heterocycles. The van der Waals surface area contributed by atoms with Gasteiger partial charge in [-0.1, -0.05) is 34.1 Å². The van der Waals surface area contributed by atoms with E-state index in [9.17, 15) is 14.5 Å². The molecule has 0 N–H and O–H groups in total. The maximum absolute atomic E-state index is 13.3. The number of nitrogens with zero attached hydrogens (tertiary/aromatic N) is 2. The molecule has 0 aliphatic carbocycles. The summed E-state index contributed by atoms with van der Waals surface area (Å²) in [6.07, 6.45) is -0.205. The van der Waals surface area contributed by atoms with Gasteiger partial charge < -0.3 is 9.64 Å². The third-order valence-corrected chi connectivity index (χ3v) is 4.52. The van der Waals surface area contributed by atoms with Crippen LogP contribution < -0.4 is 4.90 Å². The van der Waals surface area contributed by atoms with Gasteiger partial charge >= 0.3 is 0 Å². The summed E-state index contributed by atoms with van der Waals surface area (Å²) in [7, 11) is 0. The Labute approximate surface area is 141 Å². The fourth-order valence-corrected chi connectivity index (χ4v) is 3.24. The van der Waals surface area contributed by atoms with Crippen LogP contribution in [0.1, 0.15) is 11.7 Å². The largest absolute Gasteiger partial charge is 0.370 e. The molecule has 5 nitrogen and oxygen atoms in total. The molecule has 1 heterocycles. The first-order chi connectivity index (χ1) is 11.1. The molecular weight excluding hydrogens is 367 g/mol. The van der Waals surface area contributed by atoms with Crippen molar-refractivity contribution < 1.29 is 14.1 Å². The first-order valence-corrected chi connectivity index (χ1v) is 7.90. The van der Waals surface area contributed by atoms with Crippen LogP contribution >= 0.6 is 15.9 Å². The number of anilines is 1. The zero-order valence-corrected chi connectivity index (χ0v) is 13.7. The third kappa shape index (κ3) is 3.35. The van der Waals surface area contributed by atoms with Gasteiger partial charge in [0.25, 0.3) is 5.69 Å². The van der Waals surface area contributed by atoms with Crippen LogP contribution in [0.4, 0.5) is 15.8 Å². The minimum Gasteiger partial charge on any atom is -0.370 e. The van der Waals surface area contributed by atoms with Crippen LogP contribution in [0.3, 0.4) is 0 Å². The minimum absolute atomic E-state index is 0.205. The predicted octanol–water partition coefficient (Wildman–Crippen LogP) is 4.07. The smallest absolute Gasteiger partial charge is 0.295 e. The Kier molecular flexibility index (Phi) is 4.58. The second kappa shape index (κ2) is 6.64. The van der Waals surface area contributed by atoms with Crippen molar-refractivity contribution in [3.8, 4) is 0 Å². The third-order valence-electron chi connectivity index (χ3n) is 3.79. The van der Waals surface area contributed by atoms with Gasteiger partial charge in [0.05, 0.1) is 17.6 Å². The van der Waals surface area contributed by atoms with E-state index in [-0.39, 0.29) is 11.8 Å². The quantitative estimate of drug-likeness (QED) is 0.594. The predicted molar refractivity (Wildman–Crippen MR) is 88.1 cm³/mol. The number of ether oxygens (including phenoxy) is 1. The molecule has 23 heavy (non-hydrogen) atoms. The van der Waals surface area contributed by atoms with Gasteiger partial charge in [-0.15, -0.1) is 0 Å². The van der Waals surface area contributed by atoms with Crippen molar-refractivity contribution >= 4 is 27.3 Å². The number of hydrogen-bond donors (Lipinski definition) is 0. The van der Waals surface area contributed by atoms with Gasteiger partial charge in [-0.25, -0.2) is 4.39 Å². The van der Waals surface area contributed by atoms with Crippen molar-refractivity contribution in [2.75, 3.05) is 24.6 Å². The van der Waals surface area contributed by atoms with E-state index in [1.54, 1.807) is 0 Å². The highest BCUT2D eigenvalue weighted by molar-refractivity contribution is 9.10. The van der Waals surface area contributed by atoms with Crippen molar-refractivity contribution in [1.82, 2.24) is 0 Å². The van der Waals surface area contributed by atoms with Gasteiger partial charge in [0, 0.05) is 17.6 Å². The molecule has 7 heteroatoms. The van der Waals surface area contributed by atoms with Gasteiger partial charge in [0.2, 0.25) is 0 Å². The first kappa shape index (κ1) is 15.9. The molecule has 0 aromatic heterocycles. The standard InChI is InChI=1S/C16H14BrFN2O3/c17-13-4-2-1-3-12(13)16-10-19(7-8-23-16)14-6-5-11(18)9-15(14)20(21)22/h1-6,9,16H,7-8,10H2. The summed E-state index contributed by atoms with van der Waals surface area (Å²) < 4.78 is 20.1. The number of halogens is 2. The second-order valence-corrected chi connectivity index (χ2v) is 6.07. The monoisotopic (exact) mass is 380 g/mol. The average molecular weight is 381 g/mol. The molecule has 0 amide bonds. The lowest BCUT2D eigenvalue weighted by Crippen LogP contribution is -2.38. The summed E-state index contributed by atoms with van der Waals surface area (Å²) in [6.45, 7) is 1.43. The summed E-state index contributed by atoms with van der Waals surface area (Å²) in [5, 5.41) is 11.2. The average Bonchev–Trinajstić information content (AvgIpc) is 2.55. The molecule has 2 aromatic carbocycles. The Bertz CT molecular complexity index is 741. The van der Waals surface area contributed by atoms with Crippen LogP contribution in [-0.2, 0) is 4.74 Å². The van der Waals surface area contributed by atoms with E-state index >= 15 is 0 Å². The van der Waals surface area contributed by atoms with Crippen molar-refractivity contribution in [2.45, 2.75) is 6.10 Å². The second-order valence-electron chi connectivity index (χ2n) is 5.22. The van der Waals surface area contributed by atoms with E-state index in [4.69, 9.17) is 4.74 Å². The minimum atomic E-state index is -0.615. The fraction of sp³-hybridized carbons (Fsp3) is 0.250. The maximum atomic E-state index is 13.3. The summed E-state index contributed by atoms with van der Waals surface area (Å²) >= 11 is 3.50. The number of nitro groups is 1. The molecule has 0 spiro atoms. The molecule has 1 unspecified atom stereocenters. The normalized spacial score (nSPS) is 18.0. The van der Waals surface area contributed by atoms with Gasteiger partial charge in [-0.3, -0.25) is 10.1 Å². The molecule has 0 saturated carbocycles. The highest BCUT2D eigenvalue weighted by atomic mass is 79.9. The molecule has 1 saturated heterocycles. The summed E-state index contributed by atoms with van der Waals surface area (Å²) in [6, 6.07) is 11.4. The first-order valence-electron chi connectivity index (χ1n) is 7.11. The SMILES string of the molecule is O=[N+]([O-])c1cc(F)ccc1N1CCOC(c2ccccc2Br)C1. The summed E-state index contributed by atoms with van der Waals surface area (Å²) in [5.74, 6) is -0.615. The van der Waals surface area contributed by atoms with E-state index in [0.29, 0.717) is 25.4 Å². The van der Waals surface area contributed by atoms with E-state index in [1.807, 2.05) is 29.2 Å². The molecule has 1 atom stereocenters. The Morgan fingerprint density at radius 1 is 1.30 bits per heavy atom. The zero-order chi connectivity index (χ0) is 16.4. The number of nitro benzene ring substituents is 1. The highest BCUT2D eigenvalue weighted by Gasteiger charge is 2.28. The van der Waals surface area contributed by atoms with E-state index in [2.05, 4.69) is 15.9 Å². The van der Waals surface area contributed by atoms with Crippen LogP contribution in [0, 0.1) is 15.9 Å². The zero-order valence-electron chi connectivity index (χ0n) is 12.1. The maximum Gasteiger partial charge on any atom is 0.295 e. The van der Waals surface area contributed by atoms with Crippen molar-refractivity contribution in [3.05, 3.63) is 68.4 Å². The van der Waals surface area contributed by atoms with Gasteiger partial charge in [0.15, 0.2) is 0 Å². The van der Waals surface area contributed by atoms with Crippen molar-refractivity contribution in [3.63, 3.8) is 0 Å². The fourth-order valence-electron chi connectivity index (χ4n) is 2.70. The van der Waals surface area contributed by atoms with Crippen LogP contribution in [0.15, 0.2) is 46.9 Å². The van der Waals surface area contributed by atoms with E-state index < -0.39 is 10.7 Å². The van der Waals surface area contributed by atoms with Crippen LogP contribution in [0.5, 0.6) is 0 Å². The van der Waals surface area contributed by atoms with Crippen LogP contribution in [-0.4, -0.2) is 24.6 Å². The highest BCUT2D eigenvalue weighted by Crippen LogP contribution is 2.34. The Balaban J connectivity index is 1.90. The number of rotatable bonds is 3. The molecule has 120 valence electrons. The van der Waals surface area contributed by atoms with Crippen molar-refractivity contribution in [2.24, 2.45) is 0 Å². The number of benzene rings is 2. The van der Waals surface area contributed by atoms with Crippen LogP contribution in [0.25, 0.3) is 0 Å². The van der Waals surface area contributed by atoms with Gasteiger partial charge in [-0.2, -0.15) is 0 Å². The molecule has 3 rings (SSSR count). The van der Waals surface area contributed by atoms with E-state index in [1.165, 1.54) is 12.1 Å². The number of morpholine rings is 1. The van der Waals surface area contributed by atoms with Gasteiger partial charge in [-0.05, 0) is 23.8 Å². The summed E-state index contributed by atoms with van der Waals surface area (Å²) in [4.78, 5) is 12.5. The summed E-state index contributed by atoms with van der Waals surface area (Å²) in [5.41, 5.74) is 1.18. The molecule has 0 bridgehead atoms. The Morgan fingerprint density at radius 2 is 2.09 bits per heavy atom. The topological polar surface area (TPSA) is 55.6 Å².